The summed E-state index contributed by atoms with van der Waals surface area (Å²) in [6.45, 7) is 0. The molecule has 0 saturated heterocycles. The van der Waals surface area contributed by atoms with Crippen LogP contribution in [0.2, 0.25) is 0 Å². The van der Waals surface area contributed by atoms with Crippen LogP contribution in [-0.4, -0.2) is 25.1 Å². The van der Waals surface area contributed by atoms with Gasteiger partial charge in [-0.15, -0.1) is 0 Å². The van der Waals surface area contributed by atoms with E-state index in [2.05, 4.69) is 30.5 Å². The second-order valence-electron chi connectivity index (χ2n) is 5.32. The zero-order valence-electron chi connectivity index (χ0n) is 11.8. The molecule has 1 aliphatic carbocycles. The fourth-order valence-electron chi connectivity index (χ4n) is 2.24. The van der Waals surface area contributed by atoms with E-state index in [1.165, 1.54) is 12.8 Å². The van der Waals surface area contributed by atoms with Crippen molar-refractivity contribution in [1.82, 2.24) is 25.1 Å². The lowest BCUT2D eigenvalue weighted by Crippen LogP contribution is -2.03. The van der Waals surface area contributed by atoms with E-state index in [1.807, 2.05) is 24.3 Å². The second kappa shape index (κ2) is 5.10. The fourth-order valence-corrected chi connectivity index (χ4v) is 2.24. The number of hydrogen-bond acceptors (Lipinski definition) is 6. The lowest BCUT2D eigenvalue weighted by atomic mass is 10.3. The van der Waals surface area contributed by atoms with E-state index >= 15 is 0 Å². The Kier molecular flexibility index (Phi) is 2.96. The summed E-state index contributed by atoms with van der Waals surface area (Å²) in [7, 11) is 0. The Morgan fingerprint density at radius 3 is 2.91 bits per heavy atom. The van der Waals surface area contributed by atoms with Gasteiger partial charge in [0.2, 0.25) is 0 Å². The van der Waals surface area contributed by atoms with Gasteiger partial charge in [0.15, 0.2) is 17.5 Å². The van der Waals surface area contributed by atoms with E-state index in [-0.39, 0.29) is 0 Å². The summed E-state index contributed by atoms with van der Waals surface area (Å²) >= 11 is 0. The van der Waals surface area contributed by atoms with Crippen molar-refractivity contribution in [3.63, 3.8) is 0 Å². The van der Waals surface area contributed by atoms with Crippen LogP contribution in [-0.2, 0) is 0 Å². The maximum atomic E-state index is 5.95. The molecule has 0 atom stereocenters. The standard InChI is InChI=1S/C15H15N7/c16-10-8-18-15(11-3-1-2-6-17-11)20-14(10)19-13-7-12(21-22-13)9-4-5-9/h1-3,6-9H,4-5,16H2,(H2,18,19,20,21,22). The van der Waals surface area contributed by atoms with Crippen LogP contribution in [0.5, 0.6) is 0 Å². The third-order valence-electron chi connectivity index (χ3n) is 3.57. The first-order valence-electron chi connectivity index (χ1n) is 7.16. The van der Waals surface area contributed by atoms with Crippen LogP contribution < -0.4 is 11.1 Å². The summed E-state index contributed by atoms with van der Waals surface area (Å²) in [5, 5.41) is 10.4. The van der Waals surface area contributed by atoms with Gasteiger partial charge in [0.05, 0.1) is 11.9 Å². The van der Waals surface area contributed by atoms with Gasteiger partial charge < -0.3 is 11.1 Å². The minimum absolute atomic E-state index is 0.468. The number of aromatic nitrogens is 5. The Labute approximate surface area is 127 Å². The Hall–Kier alpha value is -2.96. The quantitative estimate of drug-likeness (QED) is 0.682. The molecule has 7 nitrogen and oxygen atoms in total. The first-order valence-corrected chi connectivity index (χ1v) is 7.16. The van der Waals surface area contributed by atoms with Gasteiger partial charge in [-0.05, 0) is 25.0 Å². The van der Waals surface area contributed by atoms with Crippen LogP contribution >= 0.6 is 0 Å². The van der Waals surface area contributed by atoms with Crippen LogP contribution in [0.15, 0.2) is 36.7 Å². The molecule has 3 aromatic heterocycles. The van der Waals surface area contributed by atoms with Gasteiger partial charge in [-0.25, -0.2) is 9.97 Å². The van der Waals surface area contributed by atoms with Crippen molar-refractivity contribution in [3.8, 4) is 11.5 Å². The number of rotatable bonds is 4. The Morgan fingerprint density at radius 2 is 2.14 bits per heavy atom. The van der Waals surface area contributed by atoms with Crippen molar-refractivity contribution in [2.24, 2.45) is 0 Å². The van der Waals surface area contributed by atoms with Gasteiger partial charge in [-0.3, -0.25) is 10.1 Å². The van der Waals surface area contributed by atoms with Gasteiger partial charge in [-0.2, -0.15) is 5.10 Å². The fraction of sp³-hybridized carbons (Fsp3) is 0.200. The highest BCUT2D eigenvalue weighted by Gasteiger charge is 2.25. The van der Waals surface area contributed by atoms with Crippen molar-refractivity contribution in [2.75, 3.05) is 11.1 Å². The average Bonchev–Trinajstić information content (AvgIpc) is 3.30. The van der Waals surface area contributed by atoms with E-state index in [0.29, 0.717) is 34.8 Å². The molecule has 4 rings (SSSR count). The topological polar surface area (TPSA) is 105 Å². The number of anilines is 3. The predicted molar refractivity (Wildman–Crippen MR) is 83.5 cm³/mol. The zero-order valence-corrected chi connectivity index (χ0v) is 11.8. The van der Waals surface area contributed by atoms with E-state index < -0.39 is 0 Å². The highest BCUT2D eigenvalue weighted by atomic mass is 15.2. The molecule has 22 heavy (non-hydrogen) atoms. The molecule has 1 fully saturated rings. The van der Waals surface area contributed by atoms with Crippen molar-refractivity contribution in [3.05, 3.63) is 42.4 Å². The molecule has 0 radical (unpaired) electrons. The molecule has 0 unspecified atom stereocenters. The Bertz CT molecular complexity index is 793. The first kappa shape index (κ1) is 12.8. The van der Waals surface area contributed by atoms with Crippen LogP contribution in [0.4, 0.5) is 17.3 Å². The van der Waals surface area contributed by atoms with Gasteiger partial charge in [0.25, 0.3) is 0 Å². The average molecular weight is 293 g/mol. The number of H-pyrrole nitrogens is 1. The molecule has 110 valence electrons. The number of nitrogens with zero attached hydrogens (tertiary/aromatic N) is 4. The monoisotopic (exact) mass is 293 g/mol. The minimum Gasteiger partial charge on any atom is -0.394 e. The van der Waals surface area contributed by atoms with E-state index in [1.54, 1.807) is 12.4 Å². The number of hydrogen-bond donors (Lipinski definition) is 3. The summed E-state index contributed by atoms with van der Waals surface area (Å²) < 4.78 is 0. The number of nitrogen functional groups attached to an aromatic ring is 1. The van der Waals surface area contributed by atoms with Crippen molar-refractivity contribution in [1.29, 1.82) is 0 Å². The third-order valence-corrected chi connectivity index (χ3v) is 3.57. The van der Waals surface area contributed by atoms with Crippen LogP contribution in [0.1, 0.15) is 24.5 Å². The minimum atomic E-state index is 0.468. The van der Waals surface area contributed by atoms with E-state index in [0.717, 1.165) is 5.69 Å². The van der Waals surface area contributed by atoms with Crippen molar-refractivity contribution < 1.29 is 0 Å². The van der Waals surface area contributed by atoms with Crippen molar-refractivity contribution >= 4 is 17.3 Å². The normalized spacial score (nSPS) is 14.0. The highest BCUT2D eigenvalue weighted by molar-refractivity contribution is 5.68. The van der Waals surface area contributed by atoms with Gasteiger partial charge in [0, 0.05) is 23.9 Å². The summed E-state index contributed by atoms with van der Waals surface area (Å²) in [4.78, 5) is 12.9. The lowest BCUT2D eigenvalue weighted by molar-refractivity contribution is 0.966. The Morgan fingerprint density at radius 1 is 1.23 bits per heavy atom. The van der Waals surface area contributed by atoms with E-state index in [4.69, 9.17) is 5.73 Å². The molecular weight excluding hydrogens is 278 g/mol. The van der Waals surface area contributed by atoms with Crippen LogP contribution in [0.3, 0.4) is 0 Å². The second-order valence-corrected chi connectivity index (χ2v) is 5.32. The molecule has 7 heteroatoms. The largest absolute Gasteiger partial charge is 0.394 e. The molecule has 0 aliphatic heterocycles. The SMILES string of the molecule is Nc1cnc(-c2ccccn2)nc1Nc1cc(C2CC2)[nH]n1. The smallest absolute Gasteiger partial charge is 0.180 e. The van der Waals surface area contributed by atoms with Crippen LogP contribution in [0.25, 0.3) is 11.5 Å². The first-order chi connectivity index (χ1) is 10.8. The molecule has 0 amide bonds. The summed E-state index contributed by atoms with van der Waals surface area (Å²) in [5.74, 6) is 2.38. The summed E-state index contributed by atoms with van der Waals surface area (Å²) in [6.07, 6.45) is 5.73. The molecule has 0 spiro atoms. The number of nitrogens with one attached hydrogen (secondary N) is 2. The molecule has 1 saturated carbocycles. The molecule has 0 aromatic carbocycles. The zero-order chi connectivity index (χ0) is 14.9. The van der Waals surface area contributed by atoms with Gasteiger partial charge in [0.1, 0.15) is 5.69 Å². The molecule has 1 aliphatic rings. The lowest BCUT2D eigenvalue weighted by Gasteiger charge is -2.07. The number of nitrogens with two attached hydrogens (primary N) is 1. The summed E-state index contributed by atoms with van der Waals surface area (Å²) in [5.41, 5.74) is 8.27. The third kappa shape index (κ3) is 2.48. The number of aromatic amines is 1. The predicted octanol–water partition coefficient (Wildman–Crippen LogP) is 2.46. The molecule has 3 heterocycles. The maximum Gasteiger partial charge on any atom is 0.180 e. The highest BCUT2D eigenvalue weighted by Crippen LogP contribution is 2.39. The van der Waals surface area contributed by atoms with Gasteiger partial charge >= 0.3 is 0 Å². The maximum absolute atomic E-state index is 5.95. The Balaban J connectivity index is 1.62. The molecule has 3 aromatic rings. The van der Waals surface area contributed by atoms with Crippen LogP contribution in [0, 0.1) is 0 Å². The summed E-state index contributed by atoms with van der Waals surface area (Å²) in [6, 6.07) is 7.60. The number of pyridine rings is 1. The molecular formula is C15H15N7. The van der Waals surface area contributed by atoms with Crippen molar-refractivity contribution in [2.45, 2.75) is 18.8 Å². The van der Waals surface area contributed by atoms with E-state index in [9.17, 15) is 0 Å². The van der Waals surface area contributed by atoms with Gasteiger partial charge in [-0.1, -0.05) is 6.07 Å². The molecule has 4 N–H and O–H groups in total. The molecule has 0 bridgehead atoms.